The van der Waals surface area contributed by atoms with Gasteiger partial charge in [0.2, 0.25) is 5.91 Å². The fourth-order valence-electron chi connectivity index (χ4n) is 4.24. The van der Waals surface area contributed by atoms with Crippen molar-refractivity contribution in [3.8, 4) is 5.75 Å². The highest BCUT2D eigenvalue weighted by atomic mass is 16.5. The molecule has 0 spiro atoms. The molecule has 2 saturated heterocycles. The number of carboxylic acid groups (broad SMARTS) is 1. The van der Waals surface area contributed by atoms with Crippen molar-refractivity contribution in [3.63, 3.8) is 0 Å². The number of carboxylic acids is 1. The zero-order valence-corrected chi connectivity index (χ0v) is 14.1. The Hall–Kier alpha value is -2.08. The van der Waals surface area contributed by atoms with Crippen LogP contribution in [0.15, 0.2) is 18.2 Å². The van der Waals surface area contributed by atoms with Crippen molar-refractivity contribution in [1.82, 2.24) is 4.90 Å². The first kappa shape index (κ1) is 16.4. The number of likely N-dealkylation sites (tertiary alicyclic amines) is 1. The number of nitrogens with zero attached hydrogens (tertiary/aromatic N) is 1. The van der Waals surface area contributed by atoms with Crippen molar-refractivity contribution in [2.45, 2.75) is 44.2 Å². The van der Waals surface area contributed by atoms with E-state index >= 15 is 0 Å². The van der Waals surface area contributed by atoms with E-state index in [2.05, 4.69) is 0 Å². The summed E-state index contributed by atoms with van der Waals surface area (Å²) < 4.78 is 11.3. The topological polar surface area (TPSA) is 76.1 Å². The minimum Gasteiger partial charge on any atom is -0.493 e. The number of hydrogen-bond acceptors (Lipinski definition) is 4. The Balaban J connectivity index is 1.68. The summed E-state index contributed by atoms with van der Waals surface area (Å²) in [6, 6.07) is 5.39. The fourth-order valence-corrected chi connectivity index (χ4v) is 4.24. The molecule has 3 heterocycles. The lowest BCUT2D eigenvalue weighted by Gasteiger charge is -2.41. The molecule has 1 aromatic carbocycles. The van der Waals surface area contributed by atoms with Gasteiger partial charge in [0.15, 0.2) is 0 Å². The molecule has 6 nitrogen and oxygen atoms in total. The zero-order valence-electron chi connectivity index (χ0n) is 14.1. The van der Waals surface area contributed by atoms with Gasteiger partial charge in [0, 0.05) is 26.0 Å². The summed E-state index contributed by atoms with van der Waals surface area (Å²) >= 11 is 0. The normalized spacial score (nSPS) is 28.7. The van der Waals surface area contributed by atoms with Crippen LogP contribution in [-0.2, 0) is 20.7 Å². The van der Waals surface area contributed by atoms with Gasteiger partial charge in [-0.25, -0.2) is 0 Å². The number of carbonyl (C=O) groups excluding carboxylic acids is 1. The van der Waals surface area contributed by atoms with E-state index < -0.39 is 17.9 Å². The van der Waals surface area contributed by atoms with E-state index in [1.807, 2.05) is 18.2 Å². The molecule has 0 bridgehead atoms. The van der Waals surface area contributed by atoms with Crippen LogP contribution in [0.4, 0.5) is 0 Å². The van der Waals surface area contributed by atoms with Gasteiger partial charge in [-0.3, -0.25) is 9.59 Å². The van der Waals surface area contributed by atoms with Gasteiger partial charge < -0.3 is 19.5 Å². The first-order valence-corrected chi connectivity index (χ1v) is 9.03. The molecule has 2 fully saturated rings. The average molecular weight is 345 g/mol. The van der Waals surface area contributed by atoms with Crippen molar-refractivity contribution in [1.29, 1.82) is 0 Å². The number of piperidine rings is 1. The Kier molecular flexibility index (Phi) is 4.37. The highest BCUT2D eigenvalue weighted by Gasteiger charge is 2.42. The van der Waals surface area contributed by atoms with Gasteiger partial charge in [-0.05, 0) is 42.5 Å². The lowest BCUT2D eigenvalue weighted by Crippen LogP contribution is -2.48. The molecular formula is C19H23NO5. The molecule has 0 radical (unpaired) electrons. The van der Waals surface area contributed by atoms with Crippen molar-refractivity contribution in [2.24, 2.45) is 5.92 Å². The smallest absolute Gasteiger partial charge is 0.308 e. The maximum atomic E-state index is 12.6. The van der Waals surface area contributed by atoms with Gasteiger partial charge in [-0.15, -0.1) is 0 Å². The van der Waals surface area contributed by atoms with Crippen LogP contribution in [0, 0.1) is 5.92 Å². The van der Waals surface area contributed by atoms with Crippen LogP contribution < -0.4 is 4.74 Å². The first-order valence-electron chi connectivity index (χ1n) is 9.03. The van der Waals surface area contributed by atoms with Crippen molar-refractivity contribution in [3.05, 3.63) is 29.3 Å². The van der Waals surface area contributed by atoms with E-state index in [-0.39, 0.29) is 18.4 Å². The number of ether oxygens (including phenoxy) is 2. The maximum absolute atomic E-state index is 12.6. The van der Waals surface area contributed by atoms with E-state index in [1.54, 1.807) is 4.90 Å². The fraction of sp³-hybridized carbons (Fsp3) is 0.579. The average Bonchev–Trinajstić information content (AvgIpc) is 3.26. The number of rotatable bonds is 4. The molecule has 1 N–H and O–H groups in total. The molecule has 0 aliphatic carbocycles. The molecule has 0 aromatic heterocycles. The second kappa shape index (κ2) is 6.67. The van der Waals surface area contributed by atoms with Crippen LogP contribution in [-0.4, -0.2) is 47.7 Å². The number of amides is 1. The van der Waals surface area contributed by atoms with Crippen LogP contribution in [0.1, 0.15) is 42.9 Å². The number of hydrogen-bond donors (Lipinski definition) is 1. The zero-order chi connectivity index (χ0) is 17.4. The van der Waals surface area contributed by atoms with Gasteiger partial charge in [-0.1, -0.05) is 6.07 Å². The number of benzene rings is 1. The van der Waals surface area contributed by atoms with Crippen LogP contribution in [0.3, 0.4) is 0 Å². The lowest BCUT2D eigenvalue weighted by molar-refractivity contribution is -0.153. The first-order chi connectivity index (χ1) is 12.1. The molecule has 4 rings (SSSR count). The van der Waals surface area contributed by atoms with Crippen LogP contribution in [0.25, 0.3) is 0 Å². The third-order valence-corrected chi connectivity index (χ3v) is 5.50. The molecule has 134 valence electrons. The van der Waals surface area contributed by atoms with Crippen LogP contribution >= 0.6 is 0 Å². The predicted molar refractivity (Wildman–Crippen MR) is 89.4 cm³/mol. The molecule has 1 aromatic rings. The molecule has 1 amide bonds. The van der Waals surface area contributed by atoms with E-state index in [0.29, 0.717) is 19.6 Å². The van der Waals surface area contributed by atoms with E-state index in [9.17, 15) is 14.7 Å². The van der Waals surface area contributed by atoms with E-state index in [4.69, 9.17) is 9.47 Å². The Morgan fingerprint density at radius 1 is 1.24 bits per heavy atom. The molecular weight excluding hydrogens is 322 g/mol. The summed E-state index contributed by atoms with van der Waals surface area (Å²) in [5.41, 5.74) is 1.99. The highest BCUT2D eigenvalue weighted by Crippen LogP contribution is 2.39. The summed E-state index contributed by atoms with van der Waals surface area (Å²) in [5, 5.41) is 9.73. The van der Waals surface area contributed by atoms with Crippen LogP contribution in [0.5, 0.6) is 5.75 Å². The summed E-state index contributed by atoms with van der Waals surface area (Å²) in [7, 11) is 0. The number of aliphatic carboxylic acids is 1. The summed E-state index contributed by atoms with van der Waals surface area (Å²) in [6.07, 6.45) is 3.43. The SMILES string of the molecule is O=C(O)[C@@H]1CCC(=O)N(C[C@@H]2CCCO2)[C@@H]1c1ccc2c(c1)CCO2. The second-order valence-electron chi connectivity index (χ2n) is 7.07. The minimum absolute atomic E-state index is 0.0109. The van der Waals surface area contributed by atoms with Gasteiger partial charge in [0.1, 0.15) is 5.75 Å². The Labute approximate surface area is 146 Å². The van der Waals surface area contributed by atoms with E-state index in [1.165, 1.54) is 0 Å². The Morgan fingerprint density at radius 3 is 2.88 bits per heavy atom. The summed E-state index contributed by atoms with van der Waals surface area (Å²) in [6.45, 7) is 1.85. The van der Waals surface area contributed by atoms with Gasteiger partial charge in [-0.2, -0.15) is 0 Å². The van der Waals surface area contributed by atoms with Gasteiger partial charge >= 0.3 is 5.97 Å². The van der Waals surface area contributed by atoms with Crippen molar-refractivity contribution < 1.29 is 24.2 Å². The molecule has 3 aliphatic heterocycles. The summed E-state index contributed by atoms with van der Waals surface area (Å²) in [5.74, 6) is -0.538. The molecule has 0 unspecified atom stereocenters. The predicted octanol–water partition coefficient (Wildman–Crippen LogP) is 2.16. The van der Waals surface area contributed by atoms with Gasteiger partial charge in [0.05, 0.1) is 24.7 Å². The van der Waals surface area contributed by atoms with Crippen LogP contribution in [0.2, 0.25) is 0 Å². The minimum atomic E-state index is -0.841. The third kappa shape index (κ3) is 3.11. The quantitative estimate of drug-likeness (QED) is 0.905. The molecule has 0 saturated carbocycles. The third-order valence-electron chi connectivity index (χ3n) is 5.50. The second-order valence-corrected chi connectivity index (χ2v) is 7.07. The number of carbonyl (C=O) groups is 2. The molecule has 25 heavy (non-hydrogen) atoms. The summed E-state index contributed by atoms with van der Waals surface area (Å²) in [4.78, 5) is 26.2. The molecule has 6 heteroatoms. The van der Waals surface area contributed by atoms with E-state index in [0.717, 1.165) is 42.7 Å². The molecule has 3 atom stereocenters. The highest BCUT2D eigenvalue weighted by molar-refractivity contribution is 5.82. The Bertz CT molecular complexity index is 682. The lowest BCUT2D eigenvalue weighted by atomic mass is 9.83. The number of fused-ring (bicyclic) bond motifs is 1. The molecule has 3 aliphatic rings. The van der Waals surface area contributed by atoms with Crippen molar-refractivity contribution in [2.75, 3.05) is 19.8 Å². The Morgan fingerprint density at radius 2 is 2.12 bits per heavy atom. The largest absolute Gasteiger partial charge is 0.493 e. The standard InChI is InChI=1S/C19H23NO5/c21-17-6-4-15(19(22)23)18(20(17)11-14-2-1-8-24-14)13-3-5-16-12(10-13)7-9-25-16/h3,5,10,14-15,18H,1-2,4,6-9,11H2,(H,22,23)/t14-,15+,18+/m0/s1. The van der Waals surface area contributed by atoms with Crippen molar-refractivity contribution >= 4 is 11.9 Å². The van der Waals surface area contributed by atoms with Gasteiger partial charge in [0.25, 0.3) is 0 Å². The maximum Gasteiger partial charge on any atom is 0.308 e. The monoisotopic (exact) mass is 345 g/mol.